The molecule has 0 aliphatic rings. The topological polar surface area (TPSA) is 59.9 Å². The fraction of sp³-hybridized carbons (Fsp3) is 0.333. The summed E-state index contributed by atoms with van der Waals surface area (Å²) in [4.78, 5) is 8.48. The van der Waals surface area contributed by atoms with Crippen molar-refractivity contribution in [2.75, 3.05) is 17.8 Å². The fourth-order valence-corrected chi connectivity index (χ4v) is 3.80. The molecule has 0 bridgehead atoms. The van der Waals surface area contributed by atoms with Crippen LogP contribution in [0.3, 0.4) is 0 Å². The first-order valence-corrected chi connectivity index (χ1v) is 8.53. The monoisotopic (exact) mass is 282 g/mol. The number of fused-ring (bicyclic) bond motifs is 1. The maximum atomic E-state index is 11.1. The maximum absolute atomic E-state index is 11.1. The highest BCUT2D eigenvalue weighted by atomic mass is 32.2. The van der Waals surface area contributed by atoms with E-state index in [1.807, 2.05) is 25.1 Å². The summed E-state index contributed by atoms with van der Waals surface area (Å²) in [7, 11) is -2.92. The molecule has 6 heteroatoms. The standard InChI is InChI=1S/C12H14N2O2S2/c1-9-4-3-5-10-11(9)13-8-14-12(10)17-6-7-18(2,15)16/h3-5,8H,6-7H2,1-2H3. The van der Waals surface area contributed by atoms with Gasteiger partial charge in [-0.1, -0.05) is 18.2 Å². The summed E-state index contributed by atoms with van der Waals surface area (Å²) in [6.45, 7) is 2.00. The van der Waals surface area contributed by atoms with E-state index in [9.17, 15) is 8.42 Å². The zero-order valence-corrected chi connectivity index (χ0v) is 11.9. The first kappa shape index (κ1) is 13.3. The molecule has 2 aromatic rings. The molecule has 96 valence electrons. The molecular formula is C12H14N2O2S2. The van der Waals surface area contributed by atoms with E-state index in [1.54, 1.807) is 0 Å². The van der Waals surface area contributed by atoms with Crippen molar-refractivity contribution in [1.29, 1.82) is 0 Å². The summed E-state index contributed by atoms with van der Waals surface area (Å²) >= 11 is 1.46. The van der Waals surface area contributed by atoms with Crippen LogP contribution in [0.2, 0.25) is 0 Å². The number of para-hydroxylation sites is 1. The molecule has 0 fully saturated rings. The van der Waals surface area contributed by atoms with E-state index in [4.69, 9.17) is 0 Å². The number of rotatable bonds is 4. The van der Waals surface area contributed by atoms with E-state index in [0.717, 1.165) is 21.5 Å². The molecule has 0 saturated heterocycles. The molecule has 0 N–H and O–H groups in total. The minimum atomic E-state index is -2.92. The Morgan fingerprint density at radius 2 is 2.06 bits per heavy atom. The molecule has 0 aliphatic heterocycles. The number of hydrogen-bond acceptors (Lipinski definition) is 5. The average molecular weight is 282 g/mol. The van der Waals surface area contributed by atoms with Crippen molar-refractivity contribution in [3.05, 3.63) is 30.1 Å². The molecule has 4 nitrogen and oxygen atoms in total. The molecule has 0 saturated carbocycles. The first-order valence-electron chi connectivity index (χ1n) is 5.48. The summed E-state index contributed by atoms with van der Waals surface area (Å²) in [6.07, 6.45) is 2.77. The van der Waals surface area contributed by atoms with Crippen molar-refractivity contribution in [2.45, 2.75) is 11.9 Å². The van der Waals surface area contributed by atoms with Crippen LogP contribution in [-0.2, 0) is 9.84 Å². The van der Waals surface area contributed by atoms with Gasteiger partial charge in [-0.15, -0.1) is 11.8 Å². The molecule has 1 aromatic carbocycles. The third-order valence-corrected chi connectivity index (χ3v) is 4.73. The lowest BCUT2D eigenvalue weighted by molar-refractivity contribution is 0.603. The Morgan fingerprint density at radius 3 is 2.78 bits per heavy atom. The van der Waals surface area contributed by atoms with E-state index in [0.29, 0.717) is 5.75 Å². The third kappa shape index (κ3) is 3.20. The van der Waals surface area contributed by atoms with Gasteiger partial charge in [0.1, 0.15) is 21.2 Å². The van der Waals surface area contributed by atoms with Crippen LogP contribution in [0.15, 0.2) is 29.6 Å². The summed E-state index contributed by atoms with van der Waals surface area (Å²) in [5.41, 5.74) is 2.02. The van der Waals surface area contributed by atoms with Crippen LogP contribution < -0.4 is 0 Å². The van der Waals surface area contributed by atoms with Crippen molar-refractivity contribution in [2.24, 2.45) is 0 Å². The summed E-state index contributed by atoms with van der Waals surface area (Å²) in [6, 6.07) is 5.92. The molecule has 0 unspecified atom stereocenters. The van der Waals surface area contributed by atoms with Crippen molar-refractivity contribution in [3.8, 4) is 0 Å². The molecule has 0 atom stereocenters. The Kier molecular flexibility index (Phi) is 3.87. The van der Waals surface area contributed by atoms with Crippen LogP contribution in [0.1, 0.15) is 5.56 Å². The Balaban J connectivity index is 2.26. The van der Waals surface area contributed by atoms with Crippen LogP contribution in [0.4, 0.5) is 0 Å². The van der Waals surface area contributed by atoms with Gasteiger partial charge in [-0.3, -0.25) is 0 Å². The molecule has 0 radical (unpaired) electrons. The van der Waals surface area contributed by atoms with Crippen molar-refractivity contribution >= 4 is 32.5 Å². The van der Waals surface area contributed by atoms with Crippen LogP contribution >= 0.6 is 11.8 Å². The number of nitrogens with zero attached hydrogens (tertiary/aromatic N) is 2. The molecule has 18 heavy (non-hydrogen) atoms. The van der Waals surface area contributed by atoms with Gasteiger partial charge in [-0.2, -0.15) is 0 Å². The van der Waals surface area contributed by atoms with E-state index in [2.05, 4.69) is 9.97 Å². The maximum Gasteiger partial charge on any atom is 0.148 e. The van der Waals surface area contributed by atoms with Gasteiger partial charge >= 0.3 is 0 Å². The summed E-state index contributed by atoms with van der Waals surface area (Å²) in [5, 5.41) is 1.82. The van der Waals surface area contributed by atoms with Crippen LogP contribution in [0.5, 0.6) is 0 Å². The normalized spacial score (nSPS) is 11.9. The molecule has 0 spiro atoms. The van der Waals surface area contributed by atoms with Crippen molar-refractivity contribution < 1.29 is 8.42 Å². The summed E-state index contributed by atoms with van der Waals surface area (Å²) in [5.74, 6) is 0.674. The highest BCUT2D eigenvalue weighted by Gasteiger charge is 2.08. The molecule has 0 amide bonds. The minimum Gasteiger partial charge on any atom is -0.236 e. The lowest BCUT2D eigenvalue weighted by Crippen LogP contribution is -2.05. The number of hydrogen-bond donors (Lipinski definition) is 0. The Bertz CT molecular complexity index is 669. The van der Waals surface area contributed by atoms with Crippen molar-refractivity contribution in [3.63, 3.8) is 0 Å². The zero-order chi connectivity index (χ0) is 13.2. The average Bonchev–Trinajstić information content (AvgIpc) is 2.29. The second kappa shape index (κ2) is 5.24. The first-order chi connectivity index (χ1) is 8.47. The van der Waals surface area contributed by atoms with Gasteiger partial charge in [-0.25, -0.2) is 18.4 Å². The minimum absolute atomic E-state index is 0.162. The van der Waals surface area contributed by atoms with Gasteiger partial charge in [0, 0.05) is 17.4 Å². The van der Waals surface area contributed by atoms with Crippen LogP contribution in [-0.4, -0.2) is 36.1 Å². The lowest BCUT2D eigenvalue weighted by atomic mass is 10.1. The SMILES string of the molecule is Cc1cccc2c(SCCS(C)(=O)=O)ncnc12. The summed E-state index contributed by atoms with van der Waals surface area (Å²) < 4.78 is 22.2. The zero-order valence-electron chi connectivity index (χ0n) is 10.3. The molecular weight excluding hydrogens is 268 g/mol. The van der Waals surface area contributed by atoms with Gasteiger partial charge in [-0.05, 0) is 12.5 Å². The fourth-order valence-electron chi connectivity index (χ4n) is 1.62. The van der Waals surface area contributed by atoms with E-state index in [1.165, 1.54) is 24.3 Å². The van der Waals surface area contributed by atoms with Gasteiger partial charge in [0.2, 0.25) is 0 Å². The van der Waals surface area contributed by atoms with Crippen LogP contribution in [0.25, 0.3) is 10.9 Å². The van der Waals surface area contributed by atoms with Gasteiger partial charge in [0.05, 0.1) is 11.3 Å². The Labute approximate surface area is 111 Å². The molecule has 2 rings (SSSR count). The van der Waals surface area contributed by atoms with E-state index < -0.39 is 9.84 Å². The lowest BCUT2D eigenvalue weighted by Gasteiger charge is -2.05. The van der Waals surface area contributed by atoms with Gasteiger partial charge in [0.15, 0.2) is 0 Å². The Morgan fingerprint density at radius 1 is 1.28 bits per heavy atom. The largest absolute Gasteiger partial charge is 0.236 e. The highest BCUT2D eigenvalue weighted by Crippen LogP contribution is 2.25. The van der Waals surface area contributed by atoms with E-state index in [-0.39, 0.29) is 5.75 Å². The number of sulfone groups is 1. The number of aromatic nitrogens is 2. The molecule has 1 heterocycles. The van der Waals surface area contributed by atoms with Gasteiger partial charge in [0.25, 0.3) is 0 Å². The highest BCUT2D eigenvalue weighted by molar-refractivity contribution is 8.00. The third-order valence-electron chi connectivity index (χ3n) is 2.52. The number of thioether (sulfide) groups is 1. The predicted molar refractivity (Wildman–Crippen MR) is 74.7 cm³/mol. The Hall–Kier alpha value is -1.14. The van der Waals surface area contributed by atoms with Crippen molar-refractivity contribution in [1.82, 2.24) is 9.97 Å². The quantitative estimate of drug-likeness (QED) is 0.634. The molecule has 0 aliphatic carbocycles. The van der Waals surface area contributed by atoms with Crippen LogP contribution in [0, 0.1) is 6.92 Å². The second-order valence-electron chi connectivity index (χ2n) is 4.13. The smallest absolute Gasteiger partial charge is 0.148 e. The van der Waals surface area contributed by atoms with E-state index >= 15 is 0 Å². The van der Waals surface area contributed by atoms with Gasteiger partial charge < -0.3 is 0 Å². The second-order valence-corrected chi connectivity index (χ2v) is 7.47. The number of aryl methyl sites for hydroxylation is 1. The number of benzene rings is 1. The molecule has 1 aromatic heterocycles. The predicted octanol–water partition coefficient (Wildman–Crippen LogP) is 2.07.